The minimum absolute atomic E-state index is 0.0982. The molecule has 20 heavy (non-hydrogen) atoms. The van der Waals surface area contributed by atoms with Crippen molar-refractivity contribution in [3.8, 4) is 0 Å². The number of rotatable bonds is 5. The third-order valence-corrected chi connectivity index (χ3v) is 5.48. The van der Waals surface area contributed by atoms with Gasteiger partial charge in [0.05, 0.1) is 0 Å². The Kier molecular flexibility index (Phi) is 5.87. The van der Waals surface area contributed by atoms with Crippen molar-refractivity contribution >= 4 is 11.8 Å². The second kappa shape index (κ2) is 7.43. The van der Waals surface area contributed by atoms with Gasteiger partial charge in [0.2, 0.25) is 0 Å². The smallest absolute Gasteiger partial charge is 0.123 e. The molecular weight excluding hydrogens is 271 g/mol. The van der Waals surface area contributed by atoms with Crippen LogP contribution in [0, 0.1) is 5.82 Å². The Morgan fingerprint density at radius 3 is 2.65 bits per heavy atom. The SMILES string of the molecule is CCC1CN(C(c2ccc(F)cc2)C(N)CC)CCS1. The van der Waals surface area contributed by atoms with Gasteiger partial charge in [-0.2, -0.15) is 11.8 Å². The number of hydrogen-bond donors (Lipinski definition) is 1. The van der Waals surface area contributed by atoms with E-state index in [0.717, 1.165) is 30.8 Å². The van der Waals surface area contributed by atoms with Gasteiger partial charge < -0.3 is 5.73 Å². The highest BCUT2D eigenvalue weighted by Gasteiger charge is 2.29. The standard InChI is InChI=1S/C16H25FN2S/c1-3-14-11-19(9-10-20-14)16(15(18)4-2)12-5-7-13(17)8-6-12/h5-8,14-16H,3-4,9-11,18H2,1-2H3. The first-order chi connectivity index (χ1) is 9.65. The van der Waals surface area contributed by atoms with Gasteiger partial charge in [-0.05, 0) is 30.5 Å². The van der Waals surface area contributed by atoms with E-state index < -0.39 is 0 Å². The van der Waals surface area contributed by atoms with E-state index in [9.17, 15) is 4.39 Å². The zero-order chi connectivity index (χ0) is 14.5. The van der Waals surface area contributed by atoms with E-state index in [2.05, 4.69) is 30.5 Å². The molecule has 1 fully saturated rings. The summed E-state index contributed by atoms with van der Waals surface area (Å²) >= 11 is 2.06. The van der Waals surface area contributed by atoms with E-state index in [0.29, 0.717) is 5.25 Å². The van der Waals surface area contributed by atoms with Gasteiger partial charge in [-0.3, -0.25) is 4.90 Å². The van der Waals surface area contributed by atoms with E-state index >= 15 is 0 Å². The first kappa shape index (κ1) is 15.8. The molecule has 1 aromatic carbocycles. The minimum atomic E-state index is -0.182. The Balaban J connectivity index is 2.20. The van der Waals surface area contributed by atoms with Gasteiger partial charge in [-0.25, -0.2) is 4.39 Å². The van der Waals surface area contributed by atoms with Crippen LogP contribution in [0.3, 0.4) is 0 Å². The summed E-state index contributed by atoms with van der Waals surface area (Å²) in [7, 11) is 0. The molecule has 1 aliphatic rings. The largest absolute Gasteiger partial charge is 0.326 e. The van der Waals surface area contributed by atoms with Gasteiger partial charge in [0.1, 0.15) is 5.82 Å². The molecule has 0 bridgehead atoms. The zero-order valence-electron chi connectivity index (χ0n) is 12.4. The maximum absolute atomic E-state index is 13.1. The summed E-state index contributed by atoms with van der Waals surface area (Å²) in [5, 5.41) is 0.691. The molecule has 0 amide bonds. The summed E-state index contributed by atoms with van der Waals surface area (Å²) in [6, 6.07) is 7.16. The Morgan fingerprint density at radius 2 is 2.05 bits per heavy atom. The van der Waals surface area contributed by atoms with Crippen LogP contribution in [0.4, 0.5) is 4.39 Å². The van der Waals surface area contributed by atoms with Crippen LogP contribution in [0.15, 0.2) is 24.3 Å². The number of thioether (sulfide) groups is 1. The van der Waals surface area contributed by atoms with Gasteiger partial charge in [-0.15, -0.1) is 0 Å². The summed E-state index contributed by atoms with van der Waals surface area (Å²) < 4.78 is 13.1. The predicted molar refractivity (Wildman–Crippen MR) is 85.5 cm³/mol. The molecule has 1 heterocycles. The molecule has 2 N–H and O–H groups in total. The monoisotopic (exact) mass is 296 g/mol. The molecule has 3 unspecified atom stereocenters. The molecule has 0 spiro atoms. The Labute approximate surface area is 125 Å². The predicted octanol–water partition coefficient (Wildman–Crippen LogP) is 3.43. The van der Waals surface area contributed by atoms with Crippen molar-refractivity contribution in [1.82, 2.24) is 4.90 Å². The summed E-state index contributed by atoms with van der Waals surface area (Å²) in [4.78, 5) is 2.49. The van der Waals surface area contributed by atoms with Gasteiger partial charge >= 0.3 is 0 Å². The summed E-state index contributed by atoms with van der Waals surface area (Å²) in [5.74, 6) is 0.977. The minimum Gasteiger partial charge on any atom is -0.326 e. The van der Waals surface area contributed by atoms with Crippen molar-refractivity contribution in [1.29, 1.82) is 0 Å². The van der Waals surface area contributed by atoms with Crippen LogP contribution >= 0.6 is 11.8 Å². The molecule has 4 heteroatoms. The molecule has 3 atom stereocenters. The summed E-state index contributed by atoms with van der Waals surface area (Å²) in [6.07, 6.45) is 2.13. The normalized spacial score (nSPS) is 23.5. The van der Waals surface area contributed by atoms with E-state index in [1.165, 1.54) is 6.42 Å². The van der Waals surface area contributed by atoms with Crippen molar-refractivity contribution in [2.24, 2.45) is 5.73 Å². The van der Waals surface area contributed by atoms with Gasteiger partial charge in [0.15, 0.2) is 0 Å². The Hall–Kier alpha value is -0.580. The fourth-order valence-electron chi connectivity index (χ4n) is 2.85. The summed E-state index contributed by atoms with van der Waals surface area (Å²) in [6.45, 7) is 6.51. The molecule has 2 nitrogen and oxygen atoms in total. The third kappa shape index (κ3) is 3.74. The number of halogens is 1. The van der Waals surface area contributed by atoms with Gasteiger partial charge in [0.25, 0.3) is 0 Å². The highest BCUT2D eigenvalue weighted by Crippen LogP contribution is 2.31. The highest BCUT2D eigenvalue weighted by molar-refractivity contribution is 8.00. The van der Waals surface area contributed by atoms with E-state index in [4.69, 9.17) is 5.73 Å². The Morgan fingerprint density at radius 1 is 1.35 bits per heavy atom. The van der Waals surface area contributed by atoms with Crippen LogP contribution < -0.4 is 5.73 Å². The van der Waals surface area contributed by atoms with E-state index in [-0.39, 0.29) is 17.9 Å². The number of hydrogen-bond acceptors (Lipinski definition) is 3. The molecule has 1 saturated heterocycles. The molecule has 1 aliphatic heterocycles. The van der Waals surface area contributed by atoms with Crippen LogP contribution in [0.2, 0.25) is 0 Å². The average Bonchev–Trinajstić information content (AvgIpc) is 2.49. The van der Waals surface area contributed by atoms with Crippen molar-refractivity contribution in [2.75, 3.05) is 18.8 Å². The number of nitrogens with two attached hydrogens (primary N) is 1. The molecule has 112 valence electrons. The second-order valence-electron chi connectivity index (χ2n) is 5.46. The third-order valence-electron chi connectivity index (χ3n) is 4.11. The van der Waals surface area contributed by atoms with Crippen molar-refractivity contribution in [3.05, 3.63) is 35.6 Å². The second-order valence-corrected chi connectivity index (χ2v) is 6.87. The van der Waals surface area contributed by atoms with Crippen molar-refractivity contribution in [2.45, 2.75) is 44.0 Å². The van der Waals surface area contributed by atoms with Crippen molar-refractivity contribution < 1.29 is 4.39 Å². The van der Waals surface area contributed by atoms with Crippen LogP contribution in [-0.4, -0.2) is 35.0 Å². The number of benzene rings is 1. The fraction of sp³-hybridized carbons (Fsp3) is 0.625. The van der Waals surface area contributed by atoms with Crippen LogP contribution in [0.1, 0.15) is 38.3 Å². The number of nitrogens with zero attached hydrogens (tertiary/aromatic N) is 1. The molecule has 0 radical (unpaired) electrons. The van der Waals surface area contributed by atoms with Crippen LogP contribution in [0.5, 0.6) is 0 Å². The lowest BCUT2D eigenvalue weighted by molar-refractivity contribution is 0.174. The zero-order valence-corrected chi connectivity index (χ0v) is 13.2. The highest BCUT2D eigenvalue weighted by atomic mass is 32.2. The lowest BCUT2D eigenvalue weighted by Gasteiger charge is -2.40. The molecule has 2 rings (SSSR count). The maximum atomic E-state index is 13.1. The molecule has 0 aromatic heterocycles. The maximum Gasteiger partial charge on any atom is 0.123 e. The first-order valence-electron chi connectivity index (χ1n) is 7.52. The topological polar surface area (TPSA) is 29.3 Å². The summed E-state index contributed by atoms with van der Waals surface area (Å²) in [5.41, 5.74) is 7.50. The fourth-order valence-corrected chi connectivity index (χ4v) is 4.06. The Bertz CT molecular complexity index is 409. The van der Waals surface area contributed by atoms with E-state index in [1.807, 2.05) is 12.1 Å². The molecule has 0 aliphatic carbocycles. The molecular formula is C16H25FN2S. The quantitative estimate of drug-likeness (QED) is 0.902. The van der Waals surface area contributed by atoms with Gasteiger partial charge in [-0.1, -0.05) is 26.0 Å². The van der Waals surface area contributed by atoms with E-state index in [1.54, 1.807) is 12.1 Å². The molecule has 0 saturated carbocycles. The first-order valence-corrected chi connectivity index (χ1v) is 8.57. The van der Waals surface area contributed by atoms with Crippen LogP contribution in [-0.2, 0) is 0 Å². The lowest BCUT2D eigenvalue weighted by Crippen LogP contribution is -2.46. The van der Waals surface area contributed by atoms with Crippen molar-refractivity contribution in [3.63, 3.8) is 0 Å². The average molecular weight is 296 g/mol. The van der Waals surface area contributed by atoms with Crippen LogP contribution in [0.25, 0.3) is 0 Å². The molecule has 1 aromatic rings. The van der Waals surface area contributed by atoms with Gasteiger partial charge in [0, 0.05) is 36.2 Å². The lowest BCUT2D eigenvalue weighted by atomic mass is 9.96.